The zero-order chi connectivity index (χ0) is 70.8. The van der Waals surface area contributed by atoms with Gasteiger partial charge in [-0.15, -0.1) is 0 Å². The van der Waals surface area contributed by atoms with Crippen LogP contribution in [0.4, 0.5) is 0 Å². The molecule has 14 heteroatoms. The van der Waals surface area contributed by atoms with Crippen LogP contribution in [0.3, 0.4) is 0 Å². The number of ether oxygens (including phenoxy) is 4. The summed E-state index contributed by atoms with van der Waals surface area (Å²) in [6.45, 7) is 2.70. The van der Waals surface area contributed by atoms with Crippen molar-refractivity contribution >= 4 is 5.91 Å². The van der Waals surface area contributed by atoms with Crippen LogP contribution in [0.15, 0.2) is 122 Å². The van der Waals surface area contributed by atoms with E-state index >= 15 is 0 Å². The van der Waals surface area contributed by atoms with Crippen LogP contribution in [0.5, 0.6) is 0 Å². The van der Waals surface area contributed by atoms with Crippen molar-refractivity contribution in [3.05, 3.63) is 122 Å². The molecule has 564 valence electrons. The molecule has 14 nitrogen and oxygen atoms in total. The fraction of sp³-hybridized carbons (Fsp3) is 0.750. The number of carbonyl (C=O) groups excluding carboxylic acids is 1. The molecule has 12 unspecified atom stereocenters. The van der Waals surface area contributed by atoms with Crippen molar-refractivity contribution in [2.24, 2.45) is 0 Å². The lowest BCUT2D eigenvalue weighted by Gasteiger charge is -2.46. The Balaban J connectivity index is 1.66. The van der Waals surface area contributed by atoms with Gasteiger partial charge in [0.2, 0.25) is 5.91 Å². The van der Waals surface area contributed by atoms with Crippen LogP contribution in [-0.2, 0) is 23.7 Å². The van der Waals surface area contributed by atoms with Gasteiger partial charge in [-0.25, -0.2) is 0 Å². The maximum absolute atomic E-state index is 13.4. The van der Waals surface area contributed by atoms with Gasteiger partial charge in [-0.2, -0.15) is 0 Å². The molecule has 0 saturated carbocycles. The molecule has 0 bridgehead atoms. The SMILES string of the molecule is CC/C=C\C/C=C\C/C=C\C/C=C\C/C=C\C/C=C\C/C=C\C/C=C\C/C=C\CCCCCCCC(=O)NC(COC1OC(CO)C(OC2OC(CO)C(O)C(O)C2O)C(O)C1O)C(O)/C=C/CCCCCCCCCCCCCCCCCCCCCCCCCCCCCCC. The maximum Gasteiger partial charge on any atom is 0.220 e. The molecular formula is C84H145NO13. The highest BCUT2D eigenvalue weighted by Crippen LogP contribution is 2.30. The van der Waals surface area contributed by atoms with Crippen LogP contribution in [0.1, 0.15) is 309 Å². The summed E-state index contributed by atoms with van der Waals surface area (Å²) in [5.41, 5.74) is 0. The summed E-state index contributed by atoms with van der Waals surface area (Å²) in [7, 11) is 0. The molecule has 0 aromatic rings. The van der Waals surface area contributed by atoms with E-state index in [1.54, 1.807) is 6.08 Å². The number of hydrogen-bond donors (Lipinski definition) is 9. The van der Waals surface area contributed by atoms with Gasteiger partial charge in [-0.3, -0.25) is 4.79 Å². The first-order chi connectivity index (χ1) is 48.1. The second-order valence-electron chi connectivity index (χ2n) is 27.5. The third-order valence-corrected chi connectivity index (χ3v) is 18.7. The molecule has 9 N–H and O–H groups in total. The summed E-state index contributed by atoms with van der Waals surface area (Å²) in [5.74, 6) is -0.260. The Morgan fingerprint density at radius 1 is 0.378 bits per heavy atom. The zero-order valence-corrected chi connectivity index (χ0v) is 61.7. The average molecular weight is 1380 g/mol. The van der Waals surface area contributed by atoms with Gasteiger partial charge in [-0.05, 0) is 89.9 Å². The van der Waals surface area contributed by atoms with E-state index in [9.17, 15) is 45.6 Å². The smallest absolute Gasteiger partial charge is 0.220 e. The Morgan fingerprint density at radius 2 is 0.704 bits per heavy atom. The molecule has 2 saturated heterocycles. The number of amides is 1. The molecule has 1 amide bonds. The molecule has 98 heavy (non-hydrogen) atoms. The lowest BCUT2D eigenvalue weighted by molar-refractivity contribution is -0.359. The number of aliphatic hydroxyl groups is 8. The first-order valence-electron chi connectivity index (χ1n) is 39.8. The monoisotopic (exact) mass is 1380 g/mol. The highest BCUT2D eigenvalue weighted by atomic mass is 16.7. The number of hydrogen-bond acceptors (Lipinski definition) is 13. The third-order valence-electron chi connectivity index (χ3n) is 18.7. The summed E-state index contributed by atoms with van der Waals surface area (Å²) in [4.78, 5) is 13.4. The van der Waals surface area contributed by atoms with Gasteiger partial charge in [0, 0.05) is 6.42 Å². The molecule has 2 aliphatic rings. The second kappa shape index (κ2) is 66.6. The molecular weight excluding hydrogens is 1230 g/mol. The Kier molecular flexibility index (Phi) is 61.5. The summed E-state index contributed by atoms with van der Waals surface area (Å²) < 4.78 is 22.9. The largest absolute Gasteiger partial charge is 0.394 e. The predicted molar refractivity (Wildman–Crippen MR) is 405 cm³/mol. The third kappa shape index (κ3) is 49.1. The molecule has 12 atom stereocenters. The molecule has 0 spiro atoms. The van der Waals surface area contributed by atoms with Crippen molar-refractivity contribution in [2.75, 3.05) is 19.8 Å². The van der Waals surface area contributed by atoms with Gasteiger partial charge < -0.3 is 65.1 Å². The van der Waals surface area contributed by atoms with Crippen molar-refractivity contribution in [3.8, 4) is 0 Å². The minimum Gasteiger partial charge on any atom is -0.394 e. The molecule has 2 rings (SSSR count). The summed E-state index contributed by atoms with van der Waals surface area (Å²) >= 11 is 0. The highest BCUT2D eigenvalue weighted by molar-refractivity contribution is 5.76. The average Bonchev–Trinajstić information content (AvgIpc) is 0.793. The molecule has 0 radical (unpaired) electrons. The van der Waals surface area contributed by atoms with E-state index in [0.717, 1.165) is 109 Å². The van der Waals surface area contributed by atoms with Gasteiger partial charge in [0.1, 0.15) is 48.8 Å². The standard InChI is InChI=1S/C84H145NO13/c1-3-5-7-9-11-13-15-17-19-21-23-25-27-29-31-33-35-36-38-40-42-44-46-48-50-52-54-56-58-60-62-64-66-68-76(89)85-72(71-95-83-81(94)79(92)82(75(70-87)97-83)98-84-80(93)78(91)77(90)74(69-86)96-84)73(88)67-65-63-61-59-57-55-53-51-49-47-45-43-41-39-37-34-32-30-28-26-24-22-20-18-16-14-12-10-8-6-4-2/h5,7,11,13,17,19,23,25,29,31,35-36,40,42,46,48,52,54,65,67,72-75,77-84,86-88,90-94H,3-4,6,8-10,12,14-16,18,20-22,24,26-28,30,32-34,37-39,41,43-45,47,49-51,53,55-64,66,68-71H2,1-2H3,(H,85,89)/b7-5-,13-11-,19-17-,25-23-,31-29-,36-35-,42-40-,48-46-,54-52-,67-65+. The van der Waals surface area contributed by atoms with E-state index in [-0.39, 0.29) is 18.9 Å². The Bertz CT molecular complexity index is 2110. The quantitative estimate of drug-likeness (QED) is 0.0204. The van der Waals surface area contributed by atoms with E-state index in [4.69, 9.17) is 18.9 Å². The number of unbranched alkanes of at least 4 members (excludes halogenated alkanes) is 34. The van der Waals surface area contributed by atoms with Gasteiger partial charge in [0.05, 0.1) is 32.0 Å². The number of nitrogens with one attached hydrogen (secondary N) is 1. The normalized spacial score (nSPS) is 22.7. The molecule has 2 heterocycles. The number of carbonyl (C=O) groups is 1. The minimum atomic E-state index is -1.80. The van der Waals surface area contributed by atoms with Gasteiger partial charge in [-0.1, -0.05) is 334 Å². The van der Waals surface area contributed by atoms with Crippen molar-refractivity contribution in [1.82, 2.24) is 5.32 Å². The van der Waals surface area contributed by atoms with Crippen molar-refractivity contribution in [1.29, 1.82) is 0 Å². The molecule has 2 aliphatic heterocycles. The van der Waals surface area contributed by atoms with E-state index in [1.807, 2.05) is 6.08 Å². The summed E-state index contributed by atoms with van der Waals surface area (Å²) in [5, 5.41) is 87.7. The van der Waals surface area contributed by atoms with E-state index in [2.05, 4.69) is 129 Å². The van der Waals surface area contributed by atoms with Gasteiger partial charge >= 0.3 is 0 Å². The second-order valence-corrected chi connectivity index (χ2v) is 27.5. The van der Waals surface area contributed by atoms with Crippen molar-refractivity contribution in [2.45, 2.75) is 383 Å². The first-order valence-corrected chi connectivity index (χ1v) is 39.8. The first kappa shape index (κ1) is 90.5. The van der Waals surface area contributed by atoms with Crippen molar-refractivity contribution < 1.29 is 64.6 Å². The topological polar surface area (TPSA) is 228 Å². The summed E-state index contributed by atoms with van der Waals surface area (Å²) in [6, 6.07) is -0.937. The van der Waals surface area contributed by atoms with Crippen LogP contribution < -0.4 is 5.32 Å². The predicted octanol–water partition coefficient (Wildman–Crippen LogP) is 18.0. The number of rotatable bonds is 65. The van der Waals surface area contributed by atoms with Crippen LogP contribution in [0.2, 0.25) is 0 Å². The van der Waals surface area contributed by atoms with Crippen LogP contribution >= 0.6 is 0 Å². The van der Waals surface area contributed by atoms with Crippen molar-refractivity contribution in [3.63, 3.8) is 0 Å². The zero-order valence-electron chi connectivity index (χ0n) is 61.7. The van der Waals surface area contributed by atoms with E-state index in [0.29, 0.717) is 6.42 Å². The fourth-order valence-corrected chi connectivity index (χ4v) is 12.4. The molecule has 0 aromatic heterocycles. The molecule has 0 aromatic carbocycles. The van der Waals surface area contributed by atoms with Crippen LogP contribution in [0, 0.1) is 0 Å². The lowest BCUT2D eigenvalue weighted by Crippen LogP contribution is -2.65. The van der Waals surface area contributed by atoms with E-state index < -0.39 is 86.8 Å². The maximum atomic E-state index is 13.4. The fourth-order valence-electron chi connectivity index (χ4n) is 12.4. The Labute approximate surface area is 597 Å². The highest BCUT2D eigenvalue weighted by Gasteiger charge is 2.51. The van der Waals surface area contributed by atoms with Crippen LogP contribution in [-0.4, -0.2) is 140 Å². The Morgan fingerprint density at radius 3 is 1.08 bits per heavy atom. The van der Waals surface area contributed by atoms with Gasteiger partial charge in [0.15, 0.2) is 12.6 Å². The minimum absolute atomic E-state index is 0.251. The lowest BCUT2D eigenvalue weighted by atomic mass is 9.97. The summed E-state index contributed by atoms with van der Waals surface area (Å²) in [6.07, 6.45) is 81.2. The van der Waals surface area contributed by atoms with Gasteiger partial charge in [0.25, 0.3) is 0 Å². The number of allylic oxidation sites excluding steroid dienone is 19. The van der Waals surface area contributed by atoms with E-state index in [1.165, 1.54) is 173 Å². The number of aliphatic hydroxyl groups excluding tert-OH is 8. The van der Waals surface area contributed by atoms with Crippen LogP contribution in [0.25, 0.3) is 0 Å². The molecule has 0 aliphatic carbocycles. The Hall–Kier alpha value is -3.61. The molecule has 2 fully saturated rings.